The maximum atomic E-state index is 5.79. The minimum atomic E-state index is 0.0219. The zero-order valence-electron chi connectivity index (χ0n) is 6.36. The van der Waals surface area contributed by atoms with Gasteiger partial charge in [-0.3, -0.25) is 0 Å². The Bertz CT molecular complexity index is 188. The lowest BCUT2D eigenvalue weighted by Crippen LogP contribution is -2.12. The molecule has 0 saturated heterocycles. The second kappa shape index (κ2) is 4.69. The smallest absolute Gasteiger partial charge is 0.158 e. The third-order valence-electron chi connectivity index (χ3n) is 1.34. The molecule has 0 aliphatic heterocycles. The lowest BCUT2D eigenvalue weighted by Gasteiger charge is -2.04. The van der Waals surface area contributed by atoms with Gasteiger partial charge in [-0.2, -0.15) is 16.1 Å². The van der Waals surface area contributed by atoms with Crippen molar-refractivity contribution < 1.29 is 0 Å². The van der Waals surface area contributed by atoms with Crippen molar-refractivity contribution in [1.29, 1.82) is 0 Å². The van der Waals surface area contributed by atoms with Crippen molar-refractivity contribution >= 4 is 23.3 Å². The van der Waals surface area contributed by atoms with Gasteiger partial charge >= 0.3 is 0 Å². The normalized spacial score (nSPS) is 13.3. The summed E-state index contributed by atoms with van der Waals surface area (Å²) in [5, 5.41) is 0. The molecular formula is C6H11N3S2. The van der Waals surface area contributed by atoms with Gasteiger partial charge in [0.15, 0.2) is 5.82 Å². The highest BCUT2D eigenvalue weighted by Gasteiger charge is 2.07. The summed E-state index contributed by atoms with van der Waals surface area (Å²) in [6.45, 7) is 0. The second-order valence-corrected chi connectivity index (χ2v) is 3.77. The summed E-state index contributed by atoms with van der Waals surface area (Å²) in [5.41, 5.74) is 7.51. The standard InChI is InChI=1S/C6H11N3S2/c1-10-3-2-5(7)6-8-4-11-9-6/h4-5H,2-3,7H2,1H3/t5-/m0/s1. The van der Waals surface area contributed by atoms with E-state index in [2.05, 4.69) is 15.6 Å². The van der Waals surface area contributed by atoms with Crippen LogP contribution in [0.2, 0.25) is 0 Å². The molecule has 1 heterocycles. The quantitative estimate of drug-likeness (QED) is 0.775. The van der Waals surface area contributed by atoms with E-state index in [4.69, 9.17) is 5.73 Å². The van der Waals surface area contributed by atoms with E-state index in [1.165, 1.54) is 11.5 Å². The maximum absolute atomic E-state index is 5.79. The Hall–Kier alpha value is -0.130. The molecule has 2 N–H and O–H groups in total. The number of rotatable bonds is 4. The first kappa shape index (κ1) is 8.96. The zero-order chi connectivity index (χ0) is 8.10. The lowest BCUT2D eigenvalue weighted by molar-refractivity contribution is 0.666. The number of nitrogens with zero attached hydrogens (tertiary/aromatic N) is 2. The monoisotopic (exact) mass is 189 g/mol. The van der Waals surface area contributed by atoms with Crippen LogP contribution in [0.15, 0.2) is 5.51 Å². The molecule has 1 rings (SSSR count). The Morgan fingerprint density at radius 1 is 1.82 bits per heavy atom. The van der Waals surface area contributed by atoms with Crippen LogP contribution >= 0.6 is 23.3 Å². The molecule has 0 unspecified atom stereocenters. The minimum Gasteiger partial charge on any atom is -0.321 e. The summed E-state index contributed by atoms with van der Waals surface area (Å²) in [7, 11) is 0. The average Bonchev–Trinajstić information content (AvgIpc) is 2.52. The molecule has 1 atom stereocenters. The van der Waals surface area contributed by atoms with Crippen LogP contribution in [0.3, 0.4) is 0 Å². The number of nitrogens with two attached hydrogens (primary N) is 1. The topological polar surface area (TPSA) is 51.8 Å². The van der Waals surface area contributed by atoms with E-state index in [0.29, 0.717) is 0 Å². The average molecular weight is 189 g/mol. The maximum Gasteiger partial charge on any atom is 0.158 e. The molecular weight excluding hydrogens is 178 g/mol. The van der Waals surface area contributed by atoms with E-state index in [-0.39, 0.29) is 6.04 Å². The van der Waals surface area contributed by atoms with Crippen LogP contribution in [0.5, 0.6) is 0 Å². The van der Waals surface area contributed by atoms with Crippen molar-refractivity contribution in [2.24, 2.45) is 5.73 Å². The van der Waals surface area contributed by atoms with Crippen molar-refractivity contribution in [2.45, 2.75) is 12.5 Å². The molecule has 0 bridgehead atoms. The fraction of sp³-hybridized carbons (Fsp3) is 0.667. The molecule has 0 radical (unpaired) electrons. The predicted molar refractivity (Wildman–Crippen MR) is 49.8 cm³/mol. The molecule has 0 aliphatic rings. The lowest BCUT2D eigenvalue weighted by atomic mass is 10.2. The van der Waals surface area contributed by atoms with Crippen LogP contribution in [-0.4, -0.2) is 21.4 Å². The van der Waals surface area contributed by atoms with E-state index >= 15 is 0 Å². The predicted octanol–water partition coefficient (Wildman–Crippen LogP) is 1.29. The number of hydrogen-bond acceptors (Lipinski definition) is 5. The molecule has 0 fully saturated rings. The largest absolute Gasteiger partial charge is 0.321 e. The first-order chi connectivity index (χ1) is 5.34. The Labute approximate surface area is 74.6 Å². The molecule has 1 aromatic rings. The summed E-state index contributed by atoms with van der Waals surface area (Å²) in [6, 6.07) is 0.0219. The first-order valence-electron chi connectivity index (χ1n) is 3.35. The minimum absolute atomic E-state index is 0.0219. The molecule has 0 aromatic carbocycles. The Balaban J connectivity index is 2.36. The van der Waals surface area contributed by atoms with Crippen LogP contribution in [0, 0.1) is 0 Å². The van der Waals surface area contributed by atoms with Gasteiger partial charge in [-0.1, -0.05) is 0 Å². The molecule has 1 aromatic heterocycles. The number of hydrogen-bond donors (Lipinski definition) is 1. The third kappa shape index (κ3) is 2.76. The fourth-order valence-electron chi connectivity index (χ4n) is 0.716. The van der Waals surface area contributed by atoms with Crippen LogP contribution in [0.4, 0.5) is 0 Å². The highest BCUT2D eigenvalue weighted by molar-refractivity contribution is 7.98. The molecule has 5 heteroatoms. The van der Waals surface area contributed by atoms with Crippen LogP contribution in [0.25, 0.3) is 0 Å². The van der Waals surface area contributed by atoms with Gasteiger partial charge in [0.25, 0.3) is 0 Å². The van der Waals surface area contributed by atoms with Gasteiger partial charge in [-0.05, 0) is 30.0 Å². The van der Waals surface area contributed by atoms with Gasteiger partial charge < -0.3 is 5.73 Å². The Morgan fingerprint density at radius 3 is 3.18 bits per heavy atom. The van der Waals surface area contributed by atoms with Crippen LogP contribution in [-0.2, 0) is 0 Å². The van der Waals surface area contributed by atoms with Gasteiger partial charge in [0, 0.05) is 0 Å². The van der Waals surface area contributed by atoms with E-state index in [1.54, 1.807) is 17.3 Å². The molecule has 62 valence electrons. The summed E-state index contributed by atoms with van der Waals surface area (Å²) in [4.78, 5) is 4.04. The zero-order valence-corrected chi connectivity index (χ0v) is 7.99. The number of aromatic nitrogens is 2. The summed E-state index contributed by atoms with van der Waals surface area (Å²) >= 11 is 3.15. The summed E-state index contributed by atoms with van der Waals surface area (Å²) < 4.78 is 4.07. The first-order valence-corrected chi connectivity index (χ1v) is 5.58. The van der Waals surface area contributed by atoms with E-state index in [9.17, 15) is 0 Å². The highest BCUT2D eigenvalue weighted by atomic mass is 32.2. The van der Waals surface area contributed by atoms with Gasteiger partial charge in [0.1, 0.15) is 5.51 Å². The van der Waals surface area contributed by atoms with E-state index in [1.807, 2.05) is 0 Å². The van der Waals surface area contributed by atoms with Crippen molar-refractivity contribution in [3.8, 4) is 0 Å². The summed E-state index contributed by atoms with van der Waals surface area (Å²) in [5.74, 6) is 1.85. The van der Waals surface area contributed by atoms with Crippen molar-refractivity contribution in [2.75, 3.05) is 12.0 Å². The van der Waals surface area contributed by atoms with Crippen LogP contribution < -0.4 is 5.73 Å². The van der Waals surface area contributed by atoms with Crippen molar-refractivity contribution in [3.05, 3.63) is 11.3 Å². The van der Waals surface area contributed by atoms with Gasteiger partial charge in [-0.15, -0.1) is 0 Å². The Kier molecular flexibility index (Phi) is 3.82. The van der Waals surface area contributed by atoms with Gasteiger partial charge in [-0.25, -0.2) is 4.98 Å². The fourth-order valence-corrected chi connectivity index (χ4v) is 1.70. The van der Waals surface area contributed by atoms with E-state index in [0.717, 1.165) is 18.0 Å². The highest BCUT2D eigenvalue weighted by Crippen LogP contribution is 2.12. The molecule has 0 amide bonds. The second-order valence-electron chi connectivity index (χ2n) is 2.18. The summed E-state index contributed by atoms with van der Waals surface area (Å²) in [6.07, 6.45) is 3.03. The molecule has 0 spiro atoms. The SMILES string of the molecule is CSCC[C@H](N)c1ncsn1. The molecule has 11 heavy (non-hydrogen) atoms. The van der Waals surface area contributed by atoms with Crippen LogP contribution in [0.1, 0.15) is 18.3 Å². The van der Waals surface area contributed by atoms with Crippen molar-refractivity contribution in [3.63, 3.8) is 0 Å². The Morgan fingerprint density at radius 2 is 2.64 bits per heavy atom. The van der Waals surface area contributed by atoms with Gasteiger partial charge in [0.2, 0.25) is 0 Å². The number of thioether (sulfide) groups is 1. The molecule has 0 saturated carbocycles. The van der Waals surface area contributed by atoms with Crippen molar-refractivity contribution in [1.82, 2.24) is 9.36 Å². The molecule has 0 aliphatic carbocycles. The molecule has 3 nitrogen and oxygen atoms in total. The van der Waals surface area contributed by atoms with Gasteiger partial charge in [0.05, 0.1) is 6.04 Å². The van der Waals surface area contributed by atoms with E-state index < -0.39 is 0 Å². The third-order valence-corrected chi connectivity index (χ3v) is 2.48.